The molecule has 0 amide bonds. The summed E-state index contributed by atoms with van der Waals surface area (Å²) in [6.45, 7) is 3.67. The molecule has 1 atom stereocenters. The molecule has 0 radical (unpaired) electrons. The molecule has 1 fully saturated rings. The molecule has 1 saturated heterocycles. The standard InChI is InChI=1S/C9H19NO/c1-3-5-9(8-11)6-4-7-10(9)2/h11H,3-8H2,1-2H3. The van der Waals surface area contributed by atoms with Gasteiger partial charge in [0.25, 0.3) is 0 Å². The number of nitrogens with zero attached hydrogens (tertiary/aromatic N) is 1. The van der Waals surface area contributed by atoms with Crippen molar-refractivity contribution >= 4 is 0 Å². The summed E-state index contributed by atoms with van der Waals surface area (Å²) >= 11 is 0. The van der Waals surface area contributed by atoms with Gasteiger partial charge in [-0.2, -0.15) is 0 Å². The van der Waals surface area contributed by atoms with Crippen LogP contribution in [0.15, 0.2) is 0 Å². The minimum absolute atomic E-state index is 0.134. The molecule has 0 aromatic carbocycles. The smallest absolute Gasteiger partial charge is 0.0615 e. The summed E-state index contributed by atoms with van der Waals surface area (Å²) in [6.07, 6.45) is 4.73. The zero-order valence-electron chi connectivity index (χ0n) is 7.64. The summed E-state index contributed by atoms with van der Waals surface area (Å²) in [7, 11) is 2.12. The molecule has 0 bridgehead atoms. The van der Waals surface area contributed by atoms with Crippen molar-refractivity contribution in [3.8, 4) is 0 Å². The van der Waals surface area contributed by atoms with Gasteiger partial charge < -0.3 is 5.11 Å². The Bertz CT molecular complexity index is 127. The minimum atomic E-state index is 0.134. The Morgan fingerprint density at radius 3 is 2.64 bits per heavy atom. The van der Waals surface area contributed by atoms with E-state index in [1.54, 1.807) is 0 Å². The van der Waals surface area contributed by atoms with Gasteiger partial charge in [0.1, 0.15) is 0 Å². The third-order valence-corrected chi connectivity index (χ3v) is 2.96. The Hall–Kier alpha value is -0.0800. The van der Waals surface area contributed by atoms with Crippen LogP contribution in [0.5, 0.6) is 0 Å². The van der Waals surface area contributed by atoms with Crippen LogP contribution in [0.1, 0.15) is 32.6 Å². The van der Waals surface area contributed by atoms with Crippen molar-refractivity contribution < 1.29 is 5.11 Å². The van der Waals surface area contributed by atoms with E-state index in [9.17, 15) is 5.11 Å². The molecule has 1 unspecified atom stereocenters. The summed E-state index contributed by atoms with van der Waals surface area (Å²) < 4.78 is 0. The molecule has 11 heavy (non-hydrogen) atoms. The predicted molar refractivity (Wildman–Crippen MR) is 46.6 cm³/mol. The fraction of sp³-hybridized carbons (Fsp3) is 1.00. The Balaban J connectivity index is 2.57. The monoisotopic (exact) mass is 157 g/mol. The molecule has 1 aliphatic rings. The van der Waals surface area contributed by atoms with Gasteiger partial charge >= 0.3 is 0 Å². The number of aliphatic hydroxyl groups is 1. The maximum Gasteiger partial charge on any atom is 0.0615 e. The molecule has 0 aromatic rings. The third kappa shape index (κ3) is 1.57. The van der Waals surface area contributed by atoms with E-state index in [0.29, 0.717) is 6.61 Å². The van der Waals surface area contributed by atoms with Crippen molar-refractivity contribution in [1.29, 1.82) is 0 Å². The highest BCUT2D eigenvalue weighted by atomic mass is 16.3. The zero-order valence-corrected chi connectivity index (χ0v) is 7.64. The molecule has 0 spiro atoms. The summed E-state index contributed by atoms with van der Waals surface area (Å²) in [4.78, 5) is 2.32. The van der Waals surface area contributed by atoms with E-state index < -0.39 is 0 Å². The Labute approximate surface area is 69.2 Å². The molecule has 1 heterocycles. The lowest BCUT2D eigenvalue weighted by atomic mass is 9.92. The number of likely N-dealkylation sites (N-methyl/N-ethyl adjacent to an activating group) is 1. The van der Waals surface area contributed by atoms with Crippen LogP contribution in [0.4, 0.5) is 0 Å². The molecular formula is C9H19NO. The largest absolute Gasteiger partial charge is 0.394 e. The highest BCUT2D eigenvalue weighted by Gasteiger charge is 2.36. The van der Waals surface area contributed by atoms with Crippen molar-refractivity contribution in [2.45, 2.75) is 38.1 Å². The number of hydrogen-bond donors (Lipinski definition) is 1. The fourth-order valence-corrected chi connectivity index (χ4v) is 2.13. The lowest BCUT2D eigenvalue weighted by Crippen LogP contribution is -2.44. The zero-order chi connectivity index (χ0) is 8.32. The molecular weight excluding hydrogens is 138 g/mol. The summed E-state index contributed by atoms with van der Waals surface area (Å²) in [5.41, 5.74) is 0.134. The van der Waals surface area contributed by atoms with E-state index in [1.165, 1.54) is 19.3 Å². The van der Waals surface area contributed by atoms with Crippen LogP contribution in [-0.2, 0) is 0 Å². The second-order valence-electron chi connectivity index (χ2n) is 3.66. The molecule has 66 valence electrons. The molecule has 0 aromatic heterocycles. The predicted octanol–water partition coefficient (Wildman–Crippen LogP) is 1.24. The second kappa shape index (κ2) is 3.55. The van der Waals surface area contributed by atoms with Gasteiger partial charge in [0.15, 0.2) is 0 Å². The second-order valence-corrected chi connectivity index (χ2v) is 3.66. The van der Waals surface area contributed by atoms with Crippen LogP contribution in [0, 0.1) is 0 Å². The van der Waals surface area contributed by atoms with E-state index in [1.807, 2.05) is 0 Å². The summed E-state index contributed by atoms with van der Waals surface area (Å²) in [5, 5.41) is 9.28. The number of aliphatic hydroxyl groups excluding tert-OH is 1. The first-order chi connectivity index (χ1) is 5.25. The van der Waals surface area contributed by atoms with Crippen molar-refractivity contribution in [2.75, 3.05) is 20.2 Å². The van der Waals surface area contributed by atoms with Crippen molar-refractivity contribution in [1.82, 2.24) is 4.90 Å². The lowest BCUT2D eigenvalue weighted by molar-refractivity contribution is 0.0754. The molecule has 2 nitrogen and oxygen atoms in total. The Morgan fingerprint density at radius 1 is 1.55 bits per heavy atom. The maximum atomic E-state index is 9.28. The van der Waals surface area contributed by atoms with Crippen LogP contribution in [0.2, 0.25) is 0 Å². The van der Waals surface area contributed by atoms with E-state index in [0.717, 1.165) is 13.0 Å². The Kier molecular flexibility index (Phi) is 2.90. The van der Waals surface area contributed by atoms with E-state index in [-0.39, 0.29) is 5.54 Å². The summed E-state index contributed by atoms with van der Waals surface area (Å²) in [5.74, 6) is 0. The van der Waals surface area contributed by atoms with Gasteiger partial charge in [-0.15, -0.1) is 0 Å². The van der Waals surface area contributed by atoms with Crippen molar-refractivity contribution in [2.24, 2.45) is 0 Å². The maximum absolute atomic E-state index is 9.28. The number of likely N-dealkylation sites (tertiary alicyclic amines) is 1. The SMILES string of the molecule is CCCC1(CO)CCCN1C. The van der Waals surface area contributed by atoms with Gasteiger partial charge in [0, 0.05) is 5.54 Å². The van der Waals surface area contributed by atoms with Gasteiger partial charge in [-0.25, -0.2) is 0 Å². The van der Waals surface area contributed by atoms with Crippen LogP contribution in [0.3, 0.4) is 0 Å². The molecule has 1 rings (SSSR count). The van der Waals surface area contributed by atoms with Crippen molar-refractivity contribution in [3.63, 3.8) is 0 Å². The number of hydrogen-bond acceptors (Lipinski definition) is 2. The average Bonchev–Trinajstić information content (AvgIpc) is 2.35. The first-order valence-corrected chi connectivity index (χ1v) is 4.57. The van der Waals surface area contributed by atoms with Gasteiger partial charge in [0.2, 0.25) is 0 Å². The topological polar surface area (TPSA) is 23.5 Å². The Morgan fingerprint density at radius 2 is 2.27 bits per heavy atom. The van der Waals surface area contributed by atoms with E-state index in [2.05, 4.69) is 18.9 Å². The molecule has 1 N–H and O–H groups in total. The first kappa shape index (κ1) is 9.01. The molecule has 2 heteroatoms. The summed E-state index contributed by atoms with van der Waals surface area (Å²) in [6, 6.07) is 0. The first-order valence-electron chi connectivity index (χ1n) is 4.57. The highest BCUT2D eigenvalue weighted by Crippen LogP contribution is 2.31. The van der Waals surface area contributed by atoms with Crippen molar-refractivity contribution in [3.05, 3.63) is 0 Å². The van der Waals surface area contributed by atoms with E-state index in [4.69, 9.17) is 0 Å². The van der Waals surface area contributed by atoms with Gasteiger partial charge in [-0.1, -0.05) is 13.3 Å². The van der Waals surface area contributed by atoms with Gasteiger partial charge in [-0.05, 0) is 32.9 Å². The molecule has 0 aliphatic carbocycles. The van der Waals surface area contributed by atoms with E-state index >= 15 is 0 Å². The molecule has 0 saturated carbocycles. The fourth-order valence-electron chi connectivity index (χ4n) is 2.13. The quantitative estimate of drug-likeness (QED) is 0.666. The normalized spacial score (nSPS) is 33.0. The van der Waals surface area contributed by atoms with Crippen LogP contribution in [-0.4, -0.2) is 35.7 Å². The average molecular weight is 157 g/mol. The molecule has 1 aliphatic heterocycles. The highest BCUT2D eigenvalue weighted by molar-refractivity contribution is 4.93. The lowest BCUT2D eigenvalue weighted by Gasteiger charge is -2.34. The number of rotatable bonds is 3. The third-order valence-electron chi connectivity index (χ3n) is 2.96. The minimum Gasteiger partial charge on any atom is -0.394 e. The van der Waals surface area contributed by atoms with Gasteiger partial charge in [-0.3, -0.25) is 4.90 Å². The van der Waals surface area contributed by atoms with Crippen LogP contribution in [0.25, 0.3) is 0 Å². The van der Waals surface area contributed by atoms with Crippen LogP contribution < -0.4 is 0 Å². The van der Waals surface area contributed by atoms with Crippen LogP contribution >= 0.6 is 0 Å². The van der Waals surface area contributed by atoms with Gasteiger partial charge in [0.05, 0.1) is 6.61 Å².